The fourth-order valence-electron chi connectivity index (χ4n) is 3.17. The Morgan fingerprint density at radius 3 is 2.39 bits per heavy atom. The van der Waals surface area contributed by atoms with Crippen LogP contribution in [0.3, 0.4) is 0 Å². The van der Waals surface area contributed by atoms with Gasteiger partial charge in [0.15, 0.2) is 5.94 Å². The van der Waals surface area contributed by atoms with Gasteiger partial charge in [0, 0.05) is 23.5 Å². The Bertz CT molecular complexity index is 1250. The van der Waals surface area contributed by atoms with Crippen molar-refractivity contribution < 1.29 is 31.1 Å². The summed E-state index contributed by atoms with van der Waals surface area (Å²) in [6.07, 6.45) is -6.00. The molecule has 2 aromatic heterocycles. The first-order chi connectivity index (χ1) is 14.6. The number of hydrogen-bond donors (Lipinski definition) is 1. The van der Waals surface area contributed by atoms with E-state index >= 15 is 0 Å². The lowest BCUT2D eigenvalue weighted by Gasteiger charge is -2.15. The lowest BCUT2D eigenvalue weighted by Crippen LogP contribution is -2.15. The predicted octanol–water partition coefficient (Wildman–Crippen LogP) is 4.72. The van der Waals surface area contributed by atoms with Gasteiger partial charge in [-0.1, -0.05) is 18.2 Å². The zero-order chi connectivity index (χ0) is 22.4. The van der Waals surface area contributed by atoms with E-state index in [-0.39, 0.29) is 17.0 Å². The second kappa shape index (κ2) is 7.13. The molecule has 0 fully saturated rings. The molecule has 1 N–H and O–H groups in total. The van der Waals surface area contributed by atoms with E-state index in [1.807, 2.05) is 0 Å². The summed E-state index contributed by atoms with van der Waals surface area (Å²) in [5.74, 6) is 1.71. The molecular formula is C20H10F6N4O. The summed E-state index contributed by atoms with van der Waals surface area (Å²) in [7, 11) is 0. The van der Waals surface area contributed by atoms with Crippen molar-refractivity contribution in [3.8, 4) is 16.9 Å². The molecular weight excluding hydrogens is 426 g/mol. The fraction of sp³-hybridized carbons (Fsp3) is 0.100. The number of benzene rings is 1. The van der Waals surface area contributed by atoms with Gasteiger partial charge in [-0.2, -0.15) is 31.4 Å². The van der Waals surface area contributed by atoms with Crippen LogP contribution < -0.4 is 5.32 Å². The number of fused-ring (bicyclic) bond motifs is 1. The van der Waals surface area contributed by atoms with Gasteiger partial charge in [0.2, 0.25) is 0 Å². The molecule has 0 saturated heterocycles. The normalized spacial score (nSPS) is 13.5. The smallest absolute Gasteiger partial charge is 0.352 e. The highest BCUT2D eigenvalue weighted by Crippen LogP contribution is 2.37. The number of nitrogens with one attached hydrogen (secondary N) is 1. The van der Waals surface area contributed by atoms with Crippen molar-refractivity contribution in [1.82, 2.24) is 20.1 Å². The van der Waals surface area contributed by atoms with E-state index in [1.54, 1.807) is 18.1 Å². The Balaban J connectivity index is 1.93. The van der Waals surface area contributed by atoms with Gasteiger partial charge < -0.3 is 5.32 Å². The Morgan fingerprint density at radius 2 is 1.71 bits per heavy atom. The monoisotopic (exact) mass is 436 g/mol. The van der Waals surface area contributed by atoms with Crippen LogP contribution in [0.2, 0.25) is 0 Å². The van der Waals surface area contributed by atoms with E-state index in [1.165, 1.54) is 18.3 Å². The third-order valence-corrected chi connectivity index (χ3v) is 4.51. The standard InChI is InChI=1S/C20H10F6N4O/c21-19(22,23)17-8-11(4-6-28-17)30-18(20(24,25)26)9-15(29-30)13-2-1-3-14-12(13)5-7-27-16(14)10-31/h1-9,27H. The van der Waals surface area contributed by atoms with Crippen LogP contribution in [0.1, 0.15) is 22.5 Å². The zero-order valence-electron chi connectivity index (χ0n) is 15.2. The first-order valence-corrected chi connectivity index (χ1v) is 8.62. The van der Waals surface area contributed by atoms with E-state index in [2.05, 4.69) is 15.4 Å². The van der Waals surface area contributed by atoms with Crippen molar-refractivity contribution in [2.24, 2.45) is 0 Å². The summed E-state index contributed by atoms with van der Waals surface area (Å²) < 4.78 is 80.4. The van der Waals surface area contributed by atoms with Crippen LogP contribution in [0.25, 0.3) is 28.7 Å². The lowest BCUT2D eigenvalue weighted by molar-refractivity contribution is -0.142. The van der Waals surface area contributed by atoms with Gasteiger partial charge in [-0.25, -0.2) is 9.48 Å². The molecule has 0 bridgehead atoms. The van der Waals surface area contributed by atoms with E-state index in [0.29, 0.717) is 21.9 Å². The van der Waals surface area contributed by atoms with Crippen LogP contribution in [0.15, 0.2) is 48.8 Å². The topological polar surface area (TPSA) is 59.8 Å². The second-order valence-corrected chi connectivity index (χ2v) is 6.44. The number of aromatic nitrogens is 3. The Hall–Kier alpha value is -3.85. The molecule has 4 rings (SSSR count). The summed E-state index contributed by atoms with van der Waals surface area (Å²) in [5.41, 5.74) is -2.01. The zero-order valence-corrected chi connectivity index (χ0v) is 15.2. The number of carbonyl (C=O) groups excluding carboxylic acids is 1. The first kappa shape index (κ1) is 20.4. The molecule has 1 aromatic carbocycles. The van der Waals surface area contributed by atoms with Gasteiger partial charge in [0.05, 0.1) is 11.4 Å². The van der Waals surface area contributed by atoms with Gasteiger partial charge in [-0.3, -0.25) is 4.98 Å². The molecule has 0 aliphatic carbocycles. The van der Waals surface area contributed by atoms with Crippen molar-refractivity contribution in [3.63, 3.8) is 0 Å². The number of pyridine rings is 1. The van der Waals surface area contributed by atoms with Crippen molar-refractivity contribution in [1.29, 1.82) is 0 Å². The first-order valence-electron chi connectivity index (χ1n) is 8.62. The molecule has 3 heterocycles. The van der Waals surface area contributed by atoms with E-state index in [0.717, 1.165) is 18.3 Å². The molecule has 0 spiro atoms. The highest BCUT2D eigenvalue weighted by atomic mass is 19.4. The lowest BCUT2D eigenvalue weighted by atomic mass is 9.95. The number of hydrogen-bond acceptors (Lipinski definition) is 4. The SMILES string of the molecule is O=C=C1NC=Cc2c1cccc2-c1cc(C(F)(F)F)n(-c2ccnc(C(F)(F)F)c2)n1. The minimum atomic E-state index is -4.90. The van der Waals surface area contributed by atoms with Crippen molar-refractivity contribution in [3.05, 3.63) is 71.3 Å². The van der Waals surface area contributed by atoms with Crippen LogP contribution in [0.4, 0.5) is 26.3 Å². The average Bonchev–Trinajstić information content (AvgIpc) is 3.18. The van der Waals surface area contributed by atoms with Gasteiger partial charge in [0.25, 0.3) is 0 Å². The van der Waals surface area contributed by atoms with Crippen LogP contribution in [0, 0.1) is 0 Å². The summed E-state index contributed by atoms with van der Waals surface area (Å²) in [6.45, 7) is 0. The van der Waals surface area contributed by atoms with Gasteiger partial charge in [-0.15, -0.1) is 0 Å². The Morgan fingerprint density at radius 1 is 0.968 bits per heavy atom. The maximum Gasteiger partial charge on any atom is 0.433 e. The third kappa shape index (κ3) is 3.71. The predicted molar refractivity (Wildman–Crippen MR) is 98.1 cm³/mol. The van der Waals surface area contributed by atoms with Gasteiger partial charge >= 0.3 is 12.4 Å². The summed E-state index contributed by atoms with van der Waals surface area (Å²) >= 11 is 0. The van der Waals surface area contributed by atoms with Crippen LogP contribution >= 0.6 is 0 Å². The van der Waals surface area contributed by atoms with Crippen molar-refractivity contribution in [2.45, 2.75) is 12.4 Å². The van der Waals surface area contributed by atoms with Gasteiger partial charge in [0.1, 0.15) is 17.1 Å². The Kier molecular flexibility index (Phi) is 4.70. The molecule has 1 aliphatic heterocycles. The molecule has 0 amide bonds. The summed E-state index contributed by atoms with van der Waals surface area (Å²) in [5, 5.41) is 6.62. The number of rotatable bonds is 2. The summed E-state index contributed by atoms with van der Waals surface area (Å²) in [4.78, 5) is 14.3. The molecule has 0 radical (unpaired) electrons. The highest BCUT2D eigenvalue weighted by Gasteiger charge is 2.38. The maximum atomic E-state index is 13.7. The number of alkyl halides is 6. The van der Waals surface area contributed by atoms with Crippen LogP contribution in [0.5, 0.6) is 0 Å². The minimum Gasteiger partial charge on any atom is -0.352 e. The second-order valence-electron chi connectivity index (χ2n) is 6.44. The van der Waals surface area contributed by atoms with Crippen molar-refractivity contribution >= 4 is 17.7 Å². The molecule has 31 heavy (non-hydrogen) atoms. The molecule has 0 unspecified atom stereocenters. The average molecular weight is 436 g/mol. The van der Waals surface area contributed by atoms with E-state index in [4.69, 9.17) is 0 Å². The quantitative estimate of drug-likeness (QED) is 0.467. The third-order valence-electron chi connectivity index (χ3n) is 4.51. The largest absolute Gasteiger partial charge is 0.433 e. The van der Waals surface area contributed by atoms with E-state index < -0.39 is 29.4 Å². The number of nitrogens with zero attached hydrogens (tertiary/aromatic N) is 3. The molecule has 1 aliphatic rings. The molecule has 158 valence electrons. The Labute approximate surface area is 170 Å². The molecule has 3 aromatic rings. The maximum absolute atomic E-state index is 13.7. The molecule has 5 nitrogen and oxygen atoms in total. The molecule has 11 heteroatoms. The molecule has 0 atom stereocenters. The van der Waals surface area contributed by atoms with Crippen molar-refractivity contribution in [2.75, 3.05) is 0 Å². The van der Waals surface area contributed by atoms with Gasteiger partial charge in [-0.05, 0) is 29.8 Å². The fourth-order valence-corrected chi connectivity index (χ4v) is 3.17. The van der Waals surface area contributed by atoms with Crippen LogP contribution in [-0.2, 0) is 17.1 Å². The highest BCUT2D eigenvalue weighted by molar-refractivity contribution is 5.95. The summed E-state index contributed by atoms with van der Waals surface area (Å²) in [6, 6.07) is 6.83. The number of halogens is 6. The molecule has 0 saturated carbocycles. The van der Waals surface area contributed by atoms with E-state index in [9.17, 15) is 31.1 Å². The van der Waals surface area contributed by atoms with Crippen LogP contribution in [-0.4, -0.2) is 20.7 Å². The minimum absolute atomic E-state index is 0.0961.